The summed E-state index contributed by atoms with van der Waals surface area (Å²) < 4.78 is 0. The first-order valence-electron chi connectivity index (χ1n) is 8.36. The van der Waals surface area contributed by atoms with Gasteiger partial charge in [0, 0.05) is 0 Å². The number of nitrogens with zero attached hydrogens (tertiary/aromatic N) is 2. The van der Waals surface area contributed by atoms with E-state index in [0.717, 1.165) is 25.9 Å². The summed E-state index contributed by atoms with van der Waals surface area (Å²) in [4.78, 5) is 2.48. The van der Waals surface area contributed by atoms with Crippen LogP contribution < -0.4 is 0 Å². The Morgan fingerprint density at radius 2 is 1.57 bits per heavy atom. The van der Waals surface area contributed by atoms with Crippen LogP contribution in [-0.4, -0.2) is 18.0 Å². The molecule has 0 spiro atoms. The van der Waals surface area contributed by atoms with E-state index in [1.165, 1.54) is 36.8 Å². The van der Waals surface area contributed by atoms with Crippen LogP contribution in [0.5, 0.6) is 0 Å². The van der Waals surface area contributed by atoms with Gasteiger partial charge in [0.05, 0.1) is 6.07 Å². The van der Waals surface area contributed by atoms with Crippen LogP contribution in [0.15, 0.2) is 24.3 Å². The van der Waals surface area contributed by atoms with Gasteiger partial charge in [-0.25, -0.2) is 0 Å². The van der Waals surface area contributed by atoms with Crippen LogP contribution in [0.4, 0.5) is 0 Å². The summed E-state index contributed by atoms with van der Waals surface area (Å²) in [6.07, 6.45) is 7.14. The monoisotopic (exact) mass is 282 g/mol. The van der Waals surface area contributed by atoms with Crippen molar-refractivity contribution in [2.75, 3.05) is 13.1 Å². The number of likely N-dealkylation sites (tertiary alicyclic amines) is 1. The maximum absolute atomic E-state index is 10.1. The minimum atomic E-state index is -0.392. The average Bonchev–Trinajstić information content (AvgIpc) is 2.78. The summed E-state index contributed by atoms with van der Waals surface area (Å²) in [5, 5.41) is 10.1. The normalized spacial score (nSPS) is 29.2. The van der Waals surface area contributed by atoms with Gasteiger partial charge >= 0.3 is 0 Å². The maximum Gasteiger partial charge on any atom is 0.135 e. The van der Waals surface area contributed by atoms with E-state index in [-0.39, 0.29) is 5.41 Å². The summed E-state index contributed by atoms with van der Waals surface area (Å²) >= 11 is 0. The van der Waals surface area contributed by atoms with E-state index in [9.17, 15) is 5.26 Å². The van der Waals surface area contributed by atoms with Crippen LogP contribution >= 0.6 is 0 Å². The number of rotatable bonds is 1. The van der Waals surface area contributed by atoms with E-state index in [1.807, 2.05) is 0 Å². The van der Waals surface area contributed by atoms with Crippen LogP contribution in [0, 0.1) is 11.3 Å². The maximum atomic E-state index is 10.1. The highest BCUT2D eigenvalue weighted by Crippen LogP contribution is 2.47. The van der Waals surface area contributed by atoms with Crippen LogP contribution in [-0.2, 0) is 11.0 Å². The van der Waals surface area contributed by atoms with E-state index in [0.29, 0.717) is 0 Å². The van der Waals surface area contributed by atoms with Gasteiger partial charge in [0.2, 0.25) is 0 Å². The SMILES string of the molecule is CC1(C)CCC(C#N)(N2CCCCCC2)c2ccccc21. The Labute approximate surface area is 128 Å². The highest BCUT2D eigenvalue weighted by atomic mass is 15.2. The Bertz CT molecular complexity index is 547. The molecule has 0 amide bonds. The summed E-state index contributed by atoms with van der Waals surface area (Å²) in [6, 6.07) is 11.4. The topological polar surface area (TPSA) is 27.0 Å². The molecule has 0 saturated carbocycles. The summed E-state index contributed by atoms with van der Waals surface area (Å²) in [5.41, 5.74) is 2.44. The van der Waals surface area contributed by atoms with Gasteiger partial charge in [-0.3, -0.25) is 4.90 Å². The van der Waals surface area contributed by atoms with Crippen molar-refractivity contribution in [3.8, 4) is 6.07 Å². The van der Waals surface area contributed by atoms with E-state index >= 15 is 0 Å². The molecule has 1 atom stereocenters. The van der Waals surface area contributed by atoms with E-state index in [4.69, 9.17) is 0 Å². The molecule has 1 aromatic carbocycles. The molecule has 3 rings (SSSR count). The van der Waals surface area contributed by atoms with Crippen LogP contribution in [0.1, 0.15) is 63.5 Å². The van der Waals surface area contributed by atoms with E-state index < -0.39 is 5.54 Å². The molecule has 0 N–H and O–H groups in total. The molecule has 21 heavy (non-hydrogen) atoms. The quantitative estimate of drug-likeness (QED) is 0.765. The largest absolute Gasteiger partial charge is 0.282 e. The zero-order valence-corrected chi connectivity index (χ0v) is 13.4. The fourth-order valence-electron chi connectivity index (χ4n) is 4.16. The lowest BCUT2D eigenvalue weighted by Crippen LogP contribution is -2.50. The number of benzene rings is 1. The Morgan fingerprint density at radius 1 is 0.952 bits per heavy atom. The molecule has 1 aliphatic heterocycles. The van der Waals surface area contributed by atoms with Gasteiger partial charge in [0.1, 0.15) is 5.54 Å². The number of hydrogen-bond acceptors (Lipinski definition) is 2. The molecule has 2 nitrogen and oxygen atoms in total. The fraction of sp³-hybridized carbons (Fsp3) is 0.632. The molecule has 1 unspecified atom stereocenters. The third-order valence-corrected chi connectivity index (χ3v) is 5.54. The van der Waals surface area contributed by atoms with Crippen molar-refractivity contribution in [2.24, 2.45) is 0 Å². The number of nitriles is 1. The Kier molecular flexibility index (Phi) is 3.80. The van der Waals surface area contributed by atoms with Crippen molar-refractivity contribution in [2.45, 2.75) is 63.3 Å². The van der Waals surface area contributed by atoms with Gasteiger partial charge < -0.3 is 0 Å². The van der Waals surface area contributed by atoms with Crippen LogP contribution in [0.3, 0.4) is 0 Å². The molecule has 0 aromatic heterocycles. The smallest absolute Gasteiger partial charge is 0.135 e. The molecule has 112 valence electrons. The molecule has 0 radical (unpaired) electrons. The Balaban J connectivity index is 2.08. The minimum absolute atomic E-state index is 0.183. The van der Waals surface area contributed by atoms with Gasteiger partial charge in [-0.15, -0.1) is 0 Å². The van der Waals surface area contributed by atoms with Gasteiger partial charge in [0.15, 0.2) is 0 Å². The second-order valence-electron chi connectivity index (χ2n) is 7.30. The Hall–Kier alpha value is -1.33. The minimum Gasteiger partial charge on any atom is -0.282 e. The van der Waals surface area contributed by atoms with Gasteiger partial charge in [-0.05, 0) is 55.3 Å². The highest BCUT2D eigenvalue weighted by Gasteiger charge is 2.46. The summed E-state index contributed by atoms with van der Waals surface area (Å²) in [7, 11) is 0. The molecule has 2 aliphatic rings. The van der Waals surface area contributed by atoms with Gasteiger partial charge in [-0.2, -0.15) is 5.26 Å². The second kappa shape index (κ2) is 5.46. The lowest BCUT2D eigenvalue weighted by atomic mass is 9.65. The lowest BCUT2D eigenvalue weighted by Gasteiger charge is -2.47. The molecule has 0 bridgehead atoms. The predicted octanol–water partition coefficient (Wildman–Crippen LogP) is 4.35. The van der Waals surface area contributed by atoms with Gasteiger partial charge in [0.25, 0.3) is 0 Å². The molecule has 1 heterocycles. The third-order valence-electron chi connectivity index (χ3n) is 5.54. The Morgan fingerprint density at radius 3 is 2.19 bits per heavy atom. The van der Waals surface area contributed by atoms with Crippen molar-refractivity contribution < 1.29 is 0 Å². The highest BCUT2D eigenvalue weighted by molar-refractivity contribution is 5.45. The van der Waals surface area contributed by atoms with Crippen molar-refractivity contribution in [1.82, 2.24) is 4.90 Å². The molecule has 1 saturated heterocycles. The fourth-order valence-corrected chi connectivity index (χ4v) is 4.16. The standard InChI is InChI=1S/C19H26N2/c1-18(2)11-12-19(15-20,17-10-6-5-9-16(17)18)21-13-7-3-4-8-14-21/h5-6,9-10H,3-4,7-8,11-14H2,1-2H3. The van der Waals surface area contributed by atoms with Crippen molar-refractivity contribution in [3.63, 3.8) is 0 Å². The summed E-state index contributed by atoms with van der Waals surface area (Å²) in [5.74, 6) is 0. The van der Waals surface area contributed by atoms with Crippen molar-refractivity contribution >= 4 is 0 Å². The lowest BCUT2D eigenvalue weighted by molar-refractivity contribution is 0.109. The van der Waals surface area contributed by atoms with E-state index in [1.54, 1.807) is 0 Å². The molecule has 2 heteroatoms. The number of hydrogen-bond donors (Lipinski definition) is 0. The van der Waals surface area contributed by atoms with Crippen LogP contribution in [0.25, 0.3) is 0 Å². The molecule has 1 fully saturated rings. The zero-order chi connectivity index (χ0) is 14.9. The van der Waals surface area contributed by atoms with Gasteiger partial charge in [-0.1, -0.05) is 51.0 Å². The van der Waals surface area contributed by atoms with Crippen molar-refractivity contribution in [3.05, 3.63) is 35.4 Å². The van der Waals surface area contributed by atoms with E-state index in [2.05, 4.69) is 49.1 Å². The molecular formula is C19H26N2. The van der Waals surface area contributed by atoms with Crippen LogP contribution in [0.2, 0.25) is 0 Å². The average molecular weight is 282 g/mol. The zero-order valence-electron chi connectivity index (χ0n) is 13.4. The second-order valence-corrected chi connectivity index (χ2v) is 7.30. The summed E-state index contributed by atoms with van der Waals surface area (Å²) in [6.45, 7) is 6.77. The first kappa shape index (κ1) is 14.6. The predicted molar refractivity (Wildman–Crippen MR) is 86.0 cm³/mol. The number of fused-ring (bicyclic) bond motifs is 1. The molecular weight excluding hydrogens is 256 g/mol. The first-order chi connectivity index (χ1) is 10.1. The first-order valence-corrected chi connectivity index (χ1v) is 8.36. The van der Waals surface area contributed by atoms with Crippen molar-refractivity contribution in [1.29, 1.82) is 5.26 Å². The molecule has 1 aliphatic carbocycles. The molecule has 1 aromatic rings. The third kappa shape index (κ3) is 2.38.